The summed E-state index contributed by atoms with van der Waals surface area (Å²) in [7, 11) is 0. The second-order valence-electron chi connectivity index (χ2n) is 8.80. The number of carbonyl (C=O) groups is 3. The van der Waals surface area contributed by atoms with Gasteiger partial charge in [0.2, 0.25) is 0 Å². The van der Waals surface area contributed by atoms with Gasteiger partial charge in [0.05, 0.1) is 16.4 Å². The van der Waals surface area contributed by atoms with E-state index in [1.54, 1.807) is 33.8 Å². The van der Waals surface area contributed by atoms with Crippen LogP contribution >= 0.6 is 11.8 Å². The molecule has 2 N–H and O–H groups in total. The monoisotopic (exact) mass is 513 g/mol. The van der Waals surface area contributed by atoms with Gasteiger partial charge in [-0.05, 0) is 51.8 Å². The average Bonchev–Trinajstić information content (AvgIpc) is 3.13. The number of amides is 2. The van der Waals surface area contributed by atoms with Crippen LogP contribution in [-0.4, -0.2) is 47.2 Å². The van der Waals surface area contributed by atoms with Crippen LogP contribution in [0.3, 0.4) is 0 Å². The van der Waals surface area contributed by atoms with Gasteiger partial charge in [-0.3, -0.25) is 14.6 Å². The zero-order valence-corrected chi connectivity index (χ0v) is 20.4. The molecule has 1 atom stereocenters. The largest absolute Gasteiger partial charge is 0.573 e. The number of hydrazine groups is 1. The topological polar surface area (TPSA) is 97.0 Å². The van der Waals surface area contributed by atoms with Crippen molar-refractivity contribution in [2.45, 2.75) is 46.1 Å². The van der Waals surface area contributed by atoms with E-state index in [-0.39, 0.29) is 35.4 Å². The molecular formula is C23H26F3N3O5S. The number of likely N-dealkylation sites (N-methyl/N-ethyl adjacent to an activating group) is 1. The Morgan fingerprint density at radius 2 is 1.83 bits per heavy atom. The van der Waals surface area contributed by atoms with Crippen molar-refractivity contribution < 1.29 is 37.0 Å². The minimum atomic E-state index is -4.81. The molecule has 0 radical (unpaired) electrons. The number of carbonyl (C=O) groups excluding carboxylic acids is 3. The molecular weight excluding hydrogens is 487 g/mol. The number of alkyl halides is 3. The lowest BCUT2D eigenvalue weighted by Crippen LogP contribution is -2.45. The zero-order chi connectivity index (χ0) is 26.0. The third-order valence-electron chi connectivity index (χ3n) is 4.83. The summed E-state index contributed by atoms with van der Waals surface area (Å²) in [5, 5.41) is 4.08. The predicted molar refractivity (Wildman–Crippen MR) is 123 cm³/mol. The lowest BCUT2D eigenvalue weighted by Gasteiger charge is -2.28. The molecule has 0 saturated heterocycles. The molecule has 1 aromatic rings. The van der Waals surface area contributed by atoms with E-state index in [0.717, 1.165) is 12.1 Å². The third-order valence-corrected chi connectivity index (χ3v) is 5.91. The van der Waals surface area contributed by atoms with Crippen molar-refractivity contribution in [3.8, 4) is 5.75 Å². The smallest absolute Gasteiger partial charge is 0.443 e. The van der Waals surface area contributed by atoms with Crippen molar-refractivity contribution in [2.24, 2.45) is 5.92 Å². The van der Waals surface area contributed by atoms with Gasteiger partial charge >= 0.3 is 12.5 Å². The van der Waals surface area contributed by atoms with Crippen molar-refractivity contribution in [1.29, 1.82) is 0 Å². The second kappa shape index (κ2) is 10.2. The highest BCUT2D eigenvalue weighted by atomic mass is 32.2. The first-order valence-electron chi connectivity index (χ1n) is 10.8. The number of nitrogens with one attached hydrogen (secondary N) is 2. The van der Waals surface area contributed by atoms with Crippen LogP contribution in [-0.2, 0) is 20.7 Å². The Balaban J connectivity index is 1.85. The van der Waals surface area contributed by atoms with E-state index in [9.17, 15) is 27.6 Å². The van der Waals surface area contributed by atoms with Crippen molar-refractivity contribution in [3.05, 3.63) is 52.1 Å². The molecule has 35 heavy (non-hydrogen) atoms. The van der Waals surface area contributed by atoms with Gasteiger partial charge in [0.25, 0.3) is 5.91 Å². The highest BCUT2D eigenvalue weighted by Crippen LogP contribution is 2.42. The summed E-state index contributed by atoms with van der Waals surface area (Å²) >= 11 is 1.24. The summed E-state index contributed by atoms with van der Waals surface area (Å²) in [5.41, 5.74) is 2.87. The number of ketones is 1. The van der Waals surface area contributed by atoms with Crippen LogP contribution in [0.25, 0.3) is 0 Å². The third kappa shape index (κ3) is 6.93. The fraction of sp³-hybridized carbons (Fsp3) is 0.435. The molecule has 8 nitrogen and oxygen atoms in total. The average molecular weight is 514 g/mol. The van der Waals surface area contributed by atoms with Crippen LogP contribution in [0.5, 0.6) is 5.75 Å². The number of hydrogen-bond acceptors (Lipinski definition) is 7. The van der Waals surface area contributed by atoms with Gasteiger partial charge in [-0.15, -0.1) is 13.2 Å². The SMILES string of the molecule is CCNC(=O)C1=CC(Cc2ccc(OC(F)(F)F)cc2)C(=O)C2=C1SCN2NC(=O)OC(C)(C)C. The molecule has 0 bridgehead atoms. The van der Waals surface area contributed by atoms with Gasteiger partial charge < -0.3 is 14.8 Å². The molecule has 0 aromatic heterocycles. The van der Waals surface area contributed by atoms with Gasteiger partial charge in [0.1, 0.15) is 17.0 Å². The molecule has 1 aromatic carbocycles. The van der Waals surface area contributed by atoms with Crippen LogP contribution in [0.4, 0.5) is 18.0 Å². The van der Waals surface area contributed by atoms with Crippen LogP contribution in [0.1, 0.15) is 33.3 Å². The maximum atomic E-state index is 13.4. The molecule has 1 unspecified atom stereocenters. The lowest BCUT2D eigenvalue weighted by atomic mass is 9.86. The Morgan fingerprint density at radius 1 is 1.17 bits per heavy atom. The number of benzene rings is 1. The van der Waals surface area contributed by atoms with Crippen LogP contribution in [0, 0.1) is 5.92 Å². The predicted octanol–water partition coefficient (Wildman–Crippen LogP) is 4.05. The fourth-order valence-electron chi connectivity index (χ4n) is 3.53. The summed E-state index contributed by atoms with van der Waals surface area (Å²) in [4.78, 5) is 38.9. The first-order valence-corrected chi connectivity index (χ1v) is 11.8. The second-order valence-corrected chi connectivity index (χ2v) is 9.75. The number of Topliss-reactive ketones (excluding diaryl/α,β-unsaturated/α-hetero) is 1. The number of allylic oxidation sites excluding steroid dienone is 2. The quantitative estimate of drug-likeness (QED) is 0.593. The molecule has 1 aliphatic carbocycles. The number of thioether (sulfide) groups is 1. The van der Waals surface area contributed by atoms with E-state index < -0.39 is 24.0 Å². The highest BCUT2D eigenvalue weighted by Gasteiger charge is 2.40. The van der Waals surface area contributed by atoms with E-state index in [1.165, 1.54) is 28.9 Å². The Hall–Kier alpha value is -3.15. The van der Waals surface area contributed by atoms with Crippen molar-refractivity contribution in [2.75, 3.05) is 12.4 Å². The van der Waals surface area contributed by atoms with Crippen LogP contribution < -0.4 is 15.5 Å². The fourth-order valence-corrected chi connectivity index (χ4v) is 4.65. The number of ether oxygens (including phenoxy) is 2. The molecule has 0 saturated carbocycles. The lowest BCUT2D eigenvalue weighted by molar-refractivity contribution is -0.274. The molecule has 0 spiro atoms. The molecule has 12 heteroatoms. The summed E-state index contributed by atoms with van der Waals surface area (Å²) < 4.78 is 46.4. The molecule has 2 aliphatic rings. The van der Waals surface area contributed by atoms with Crippen molar-refractivity contribution in [3.63, 3.8) is 0 Å². The van der Waals surface area contributed by atoms with Crippen LogP contribution in [0.15, 0.2) is 46.5 Å². The Labute approximate surface area is 204 Å². The summed E-state index contributed by atoms with van der Waals surface area (Å²) in [6.07, 6.45) is -3.85. The molecule has 1 heterocycles. The molecule has 1 aliphatic heterocycles. The van der Waals surface area contributed by atoms with Gasteiger partial charge in [0.15, 0.2) is 5.78 Å². The Morgan fingerprint density at radius 3 is 2.40 bits per heavy atom. The Bertz CT molecular complexity index is 1060. The number of nitrogens with zero attached hydrogens (tertiary/aromatic N) is 1. The first-order chi connectivity index (χ1) is 16.3. The van der Waals surface area contributed by atoms with Gasteiger partial charge in [-0.25, -0.2) is 10.2 Å². The highest BCUT2D eigenvalue weighted by molar-refractivity contribution is 8.03. The number of rotatable bonds is 6. The maximum absolute atomic E-state index is 13.4. The summed E-state index contributed by atoms with van der Waals surface area (Å²) in [6.45, 7) is 7.26. The van der Waals surface area contributed by atoms with Gasteiger partial charge in [0, 0.05) is 12.5 Å². The van der Waals surface area contributed by atoms with Gasteiger partial charge in [-0.1, -0.05) is 30.0 Å². The molecule has 0 fully saturated rings. The first kappa shape index (κ1) is 26.5. The van der Waals surface area contributed by atoms with Crippen molar-refractivity contribution >= 4 is 29.5 Å². The van der Waals surface area contributed by atoms with E-state index >= 15 is 0 Å². The molecule has 190 valence electrons. The molecule has 2 amide bonds. The standard InChI is InChI=1S/C23H26F3N3O5S/c1-5-27-20(31)16-11-14(10-13-6-8-15(9-7-13)33-23(24,25)26)18(30)17-19(16)35-12-29(17)28-21(32)34-22(2,3)4/h6-9,11,14H,5,10,12H2,1-4H3,(H,27,31)(H,28,32). The minimum absolute atomic E-state index is 0.135. The summed E-state index contributed by atoms with van der Waals surface area (Å²) in [5.74, 6) is -1.65. The van der Waals surface area contributed by atoms with Crippen molar-refractivity contribution in [1.82, 2.24) is 15.8 Å². The number of halogens is 3. The number of hydrogen-bond donors (Lipinski definition) is 2. The van der Waals surface area contributed by atoms with E-state index in [2.05, 4.69) is 15.5 Å². The van der Waals surface area contributed by atoms with E-state index in [0.29, 0.717) is 22.6 Å². The van der Waals surface area contributed by atoms with Crippen LogP contribution in [0.2, 0.25) is 0 Å². The summed E-state index contributed by atoms with van der Waals surface area (Å²) in [6, 6.07) is 5.18. The normalized spacial score (nSPS) is 18.1. The van der Waals surface area contributed by atoms with Gasteiger partial charge in [-0.2, -0.15) is 0 Å². The van der Waals surface area contributed by atoms with E-state index in [1.807, 2.05) is 0 Å². The zero-order valence-electron chi connectivity index (χ0n) is 19.6. The van der Waals surface area contributed by atoms with E-state index in [4.69, 9.17) is 4.74 Å². The minimum Gasteiger partial charge on any atom is -0.443 e. The maximum Gasteiger partial charge on any atom is 0.573 e. The molecule has 3 rings (SSSR count). The Kier molecular flexibility index (Phi) is 7.73.